The second kappa shape index (κ2) is 4.29. The maximum Gasteiger partial charge on any atom is 0.187 e. The van der Waals surface area contributed by atoms with Crippen LogP contribution in [0.3, 0.4) is 0 Å². The van der Waals surface area contributed by atoms with Crippen LogP contribution >= 0.6 is 0 Å². The van der Waals surface area contributed by atoms with Crippen molar-refractivity contribution in [2.24, 2.45) is 0 Å². The van der Waals surface area contributed by atoms with Crippen LogP contribution in [0, 0.1) is 0 Å². The molecule has 0 saturated heterocycles. The smallest absolute Gasteiger partial charge is 0.187 e. The summed E-state index contributed by atoms with van der Waals surface area (Å²) in [5.41, 5.74) is 1.64. The Morgan fingerprint density at radius 2 is 1.78 bits per heavy atom. The van der Waals surface area contributed by atoms with Gasteiger partial charge in [0.05, 0.1) is 5.69 Å². The van der Waals surface area contributed by atoms with Crippen LogP contribution in [0.4, 0.5) is 0 Å². The number of aromatic hydroxyl groups is 1. The molecule has 0 amide bonds. The molecule has 0 aliphatic heterocycles. The van der Waals surface area contributed by atoms with Crippen molar-refractivity contribution in [1.29, 1.82) is 0 Å². The summed E-state index contributed by atoms with van der Waals surface area (Å²) in [4.78, 5) is 0. The van der Waals surface area contributed by atoms with Crippen LogP contribution in [-0.2, 0) is 0 Å². The summed E-state index contributed by atoms with van der Waals surface area (Å²) < 4.78 is 1.59. The fourth-order valence-corrected chi connectivity index (χ4v) is 1.75. The number of phenols is 1. The summed E-state index contributed by atoms with van der Waals surface area (Å²) in [6, 6.07) is 16.5. The van der Waals surface area contributed by atoms with Crippen molar-refractivity contribution >= 4 is 0 Å². The predicted octanol–water partition coefficient (Wildman–Crippen LogP) is 2.03. The van der Waals surface area contributed by atoms with Crippen molar-refractivity contribution in [2.45, 2.75) is 0 Å². The first-order valence-corrected chi connectivity index (χ1v) is 5.48. The molecule has 0 spiro atoms. The standard InChI is InChI=1S/C13H10N4O/c18-12-8-4-7-11(9-12)17-13(14-15-16-17)10-5-2-1-3-6-10/h1-9,18H. The lowest BCUT2D eigenvalue weighted by Gasteiger charge is -2.04. The molecule has 0 atom stereocenters. The minimum absolute atomic E-state index is 0.182. The zero-order chi connectivity index (χ0) is 12.4. The van der Waals surface area contributed by atoms with Crippen molar-refractivity contribution in [2.75, 3.05) is 0 Å². The zero-order valence-corrected chi connectivity index (χ0v) is 9.43. The van der Waals surface area contributed by atoms with Crippen LogP contribution < -0.4 is 0 Å². The molecular formula is C13H10N4O. The highest BCUT2D eigenvalue weighted by Gasteiger charge is 2.10. The predicted molar refractivity (Wildman–Crippen MR) is 66.3 cm³/mol. The highest BCUT2D eigenvalue weighted by Crippen LogP contribution is 2.20. The lowest BCUT2D eigenvalue weighted by molar-refractivity contribution is 0.475. The summed E-state index contributed by atoms with van der Waals surface area (Å²) >= 11 is 0. The van der Waals surface area contributed by atoms with E-state index in [2.05, 4.69) is 15.5 Å². The van der Waals surface area contributed by atoms with Gasteiger partial charge in [0.2, 0.25) is 0 Å². The van der Waals surface area contributed by atoms with E-state index in [0.717, 1.165) is 11.3 Å². The molecule has 1 heterocycles. The normalized spacial score (nSPS) is 10.4. The van der Waals surface area contributed by atoms with E-state index in [4.69, 9.17) is 0 Å². The summed E-state index contributed by atoms with van der Waals surface area (Å²) in [7, 11) is 0. The van der Waals surface area contributed by atoms with Crippen LogP contribution in [0.2, 0.25) is 0 Å². The van der Waals surface area contributed by atoms with Crippen molar-refractivity contribution in [3.63, 3.8) is 0 Å². The molecule has 5 nitrogen and oxygen atoms in total. The van der Waals surface area contributed by atoms with E-state index in [1.807, 2.05) is 36.4 Å². The van der Waals surface area contributed by atoms with Gasteiger partial charge in [-0.25, -0.2) is 0 Å². The Morgan fingerprint density at radius 3 is 2.56 bits per heavy atom. The van der Waals surface area contributed by atoms with Gasteiger partial charge < -0.3 is 5.11 Å². The minimum atomic E-state index is 0.182. The fourth-order valence-electron chi connectivity index (χ4n) is 1.75. The van der Waals surface area contributed by atoms with Crippen molar-refractivity contribution < 1.29 is 5.11 Å². The van der Waals surface area contributed by atoms with E-state index in [9.17, 15) is 5.11 Å². The second-order valence-corrected chi connectivity index (χ2v) is 3.80. The Balaban J connectivity index is 2.13. The molecule has 1 aromatic heterocycles. The lowest BCUT2D eigenvalue weighted by atomic mass is 10.2. The van der Waals surface area contributed by atoms with Gasteiger partial charge >= 0.3 is 0 Å². The first-order valence-electron chi connectivity index (χ1n) is 5.48. The molecule has 2 aromatic carbocycles. The van der Waals surface area contributed by atoms with Crippen LogP contribution in [0.15, 0.2) is 54.6 Å². The molecule has 0 unspecified atom stereocenters. The molecule has 1 N–H and O–H groups in total. The number of benzene rings is 2. The number of aromatic nitrogens is 4. The number of hydrogen-bond donors (Lipinski definition) is 1. The topological polar surface area (TPSA) is 63.8 Å². The third kappa shape index (κ3) is 1.82. The summed E-state index contributed by atoms with van der Waals surface area (Å²) in [6.45, 7) is 0. The van der Waals surface area contributed by atoms with Crippen molar-refractivity contribution in [3.05, 3.63) is 54.6 Å². The molecule has 3 rings (SSSR count). The van der Waals surface area contributed by atoms with E-state index in [1.165, 1.54) is 0 Å². The van der Waals surface area contributed by atoms with Gasteiger partial charge in [0.25, 0.3) is 0 Å². The SMILES string of the molecule is Oc1cccc(-n2nnnc2-c2ccccc2)c1. The molecule has 88 valence electrons. The van der Waals surface area contributed by atoms with Gasteiger partial charge in [0.15, 0.2) is 5.82 Å². The summed E-state index contributed by atoms with van der Waals surface area (Å²) in [5.74, 6) is 0.822. The van der Waals surface area contributed by atoms with E-state index in [0.29, 0.717) is 5.82 Å². The highest BCUT2D eigenvalue weighted by atomic mass is 16.3. The maximum atomic E-state index is 9.49. The average molecular weight is 238 g/mol. The Hall–Kier alpha value is -2.69. The Kier molecular flexibility index (Phi) is 2.49. The van der Waals surface area contributed by atoms with Crippen molar-refractivity contribution in [1.82, 2.24) is 20.2 Å². The van der Waals surface area contributed by atoms with Gasteiger partial charge in [-0.2, -0.15) is 4.68 Å². The van der Waals surface area contributed by atoms with Gasteiger partial charge in [-0.3, -0.25) is 0 Å². The molecular weight excluding hydrogens is 228 g/mol. The van der Waals surface area contributed by atoms with Gasteiger partial charge in [0.1, 0.15) is 5.75 Å². The second-order valence-electron chi connectivity index (χ2n) is 3.80. The van der Waals surface area contributed by atoms with E-state index >= 15 is 0 Å². The van der Waals surface area contributed by atoms with Gasteiger partial charge in [-0.05, 0) is 22.6 Å². The quantitative estimate of drug-likeness (QED) is 0.742. The van der Waals surface area contributed by atoms with Gasteiger partial charge in [0, 0.05) is 11.6 Å². The first-order chi connectivity index (χ1) is 8.84. The Labute approximate surface area is 103 Å². The molecule has 3 aromatic rings. The number of hydrogen-bond acceptors (Lipinski definition) is 4. The molecule has 5 heteroatoms. The van der Waals surface area contributed by atoms with Crippen LogP contribution in [0.1, 0.15) is 0 Å². The number of tetrazole rings is 1. The number of rotatable bonds is 2. The van der Waals surface area contributed by atoms with Gasteiger partial charge in [-0.1, -0.05) is 36.4 Å². The minimum Gasteiger partial charge on any atom is -0.508 e. The molecule has 18 heavy (non-hydrogen) atoms. The summed E-state index contributed by atoms with van der Waals surface area (Å²) in [5, 5.41) is 21.1. The van der Waals surface area contributed by atoms with Crippen LogP contribution in [0.25, 0.3) is 17.1 Å². The van der Waals surface area contributed by atoms with E-state index < -0.39 is 0 Å². The molecule has 0 radical (unpaired) electrons. The monoisotopic (exact) mass is 238 g/mol. The largest absolute Gasteiger partial charge is 0.508 e. The van der Waals surface area contributed by atoms with Crippen molar-refractivity contribution in [3.8, 4) is 22.8 Å². The van der Waals surface area contributed by atoms with E-state index in [1.54, 1.807) is 22.9 Å². The Morgan fingerprint density at radius 1 is 0.944 bits per heavy atom. The summed E-state index contributed by atoms with van der Waals surface area (Å²) in [6.07, 6.45) is 0. The molecule has 0 saturated carbocycles. The zero-order valence-electron chi connectivity index (χ0n) is 9.43. The van der Waals surface area contributed by atoms with Gasteiger partial charge in [-0.15, -0.1) is 5.10 Å². The molecule has 0 fully saturated rings. The molecule has 0 aliphatic rings. The fraction of sp³-hybridized carbons (Fsp3) is 0. The average Bonchev–Trinajstić information content (AvgIpc) is 2.89. The number of nitrogens with zero attached hydrogens (tertiary/aromatic N) is 4. The third-order valence-electron chi connectivity index (χ3n) is 2.58. The van der Waals surface area contributed by atoms with E-state index in [-0.39, 0.29) is 5.75 Å². The number of phenolic OH excluding ortho intramolecular Hbond substituents is 1. The Bertz CT molecular complexity index is 664. The van der Waals surface area contributed by atoms with Crippen LogP contribution in [-0.4, -0.2) is 25.3 Å². The third-order valence-corrected chi connectivity index (χ3v) is 2.58. The van der Waals surface area contributed by atoms with Crippen LogP contribution in [0.5, 0.6) is 5.75 Å². The molecule has 0 aliphatic carbocycles. The maximum absolute atomic E-state index is 9.49. The highest BCUT2D eigenvalue weighted by molar-refractivity contribution is 5.57. The first kappa shape index (κ1) is 10.5. The molecule has 0 bridgehead atoms. The lowest BCUT2D eigenvalue weighted by Crippen LogP contribution is -1.99.